The number of carbonyl (C=O) groups is 1. The molecule has 94 valence electrons. The highest BCUT2D eigenvalue weighted by Crippen LogP contribution is 2.17. The highest BCUT2D eigenvalue weighted by atomic mass is 35.5. The number of amides is 1. The molecule has 0 saturated carbocycles. The molecule has 1 N–H and O–H groups in total. The third-order valence-corrected chi connectivity index (χ3v) is 2.44. The molecule has 0 aliphatic heterocycles. The van der Waals surface area contributed by atoms with Crippen molar-refractivity contribution in [2.24, 2.45) is 0 Å². The van der Waals surface area contributed by atoms with Crippen molar-refractivity contribution in [3.05, 3.63) is 16.5 Å². The molecular formula is C10H13Cl2N3O2. The van der Waals surface area contributed by atoms with Gasteiger partial charge in [0.2, 0.25) is 11.2 Å². The summed E-state index contributed by atoms with van der Waals surface area (Å²) < 4.78 is 5.15. The highest BCUT2D eigenvalue weighted by Gasteiger charge is 2.21. The lowest BCUT2D eigenvalue weighted by Gasteiger charge is -2.21. The van der Waals surface area contributed by atoms with E-state index in [9.17, 15) is 4.79 Å². The standard InChI is InChI=1S/C10H13Cl2N3O2/c1-10(2,17-3)5-8(16)14-7-4-6(11)13-9(12)15-7/h4H,5H2,1-3H3,(H,13,14,15,16). The summed E-state index contributed by atoms with van der Waals surface area (Å²) >= 11 is 11.3. The lowest BCUT2D eigenvalue weighted by atomic mass is 10.1. The first-order valence-electron chi connectivity index (χ1n) is 4.87. The van der Waals surface area contributed by atoms with E-state index in [4.69, 9.17) is 27.9 Å². The number of rotatable bonds is 4. The van der Waals surface area contributed by atoms with Crippen LogP contribution < -0.4 is 5.32 Å². The Kier molecular flexibility index (Phi) is 4.68. The summed E-state index contributed by atoms with van der Waals surface area (Å²) in [7, 11) is 1.55. The molecule has 0 radical (unpaired) electrons. The Balaban J connectivity index is 2.68. The summed E-state index contributed by atoms with van der Waals surface area (Å²) in [6, 6.07) is 1.42. The van der Waals surface area contributed by atoms with Crippen LogP contribution in [0.25, 0.3) is 0 Å². The average molecular weight is 278 g/mol. The van der Waals surface area contributed by atoms with Crippen LogP contribution in [0.15, 0.2) is 6.07 Å². The van der Waals surface area contributed by atoms with Crippen molar-refractivity contribution in [1.29, 1.82) is 0 Å². The van der Waals surface area contributed by atoms with Crippen molar-refractivity contribution in [2.45, 2.75) is 25.9 Å². The lowest BCUT2D eigenvalue weighted by molar-refractivity contribution is -0.121. The Hall–Kier alpha value is -0.910. The van der Waals surface area contributed by atoms with Gasteiger partial charge in [-0.2, -0.15) is 0 Å². The van der Waals surface area contributed by atoms with Crippen LogP contribution in [0.4, 0.5) is 5.82 Å². The van der Waals surface area contributed by atoms with Crippen molar-refractivity contribution in [1.82, 2.24) is 9.97 Å². The number of methoxy groups -OCH3 is 1. The molecule has 1 amide bonds. The molecule has 0 atom stereocenters. The predicted octanol–water partition coefficient (Wildman–Crippen LogP) is 2.54. The van der Waals surface area contributed by atoms with Gasteiger partial charge in [0.15, 0.2) is 0 Å². The number of nitrogens with zero attached hydrogens (tertiary/aromatic N) is 2. The Morgan fingerprint density at radius 3 is 2.65 bits per heavy atom. The van der Waals surface area contributed by atoms with Gasteiger partial charge in [-0.25, -0.2) is 9.97 Å². The van der Waals surface area contributed by atoms with Crippen LogP contribution in [-0.2, 0) is 9.53 Å². The van der Waals surface area contributed by atoms with Crippen LogP contribution in [0.1, 0.15) is 20.3 Å². The number of anilines is 1. The van der Waals surface area contributed by atoms with Crippen LogP contribution in [0.5, 0.6) is 0 Å². The van der Waals surface area contributed by atoms with Crippen molar-refractivity contribution in [2.75, 3.05) is 12.4 Å². The maximum absolute atomic E-state index is 11.7. The molecule has 0 fully saturated rings. The number of halogens is 2. The third kappa shape index (κ3) is 4.85. The average Bonchev–Trinajstić information content (AvgIpc) is 2.14. The van der Waals surface area contributed by atoms with Gasteiger partial charge in [0.25, 0.3) is 0 Å². The largest absolute Gasteiger partial charge is 0.378 e. The number of ether oxygens (including phenoxy) is 1. The van der Waals surface area contributed by atoms with E-state index in [-0.39, 0.29) is 28.6 Å². The monoisotopic (exact) mass is 277 g/mol. The molecule has 0 unspecified atom stereocenters. The molecule has 0 aromatic carbocycles. The second-order valence-corrected chi connectivity index (χ2v) is 4.76. The van der Waals surface area contributed by atoms with Crippen LogP contribution in [0, 0.1) is 0 Å². The van der Waals surface area contributed by atoms with E-state index in [2.05, 4.69) is 15.3 Å². The maximum atomic E-state index is 11.7. The van der Waals surface area contributed by atoms with Gasteiger partial charge in [0.05, 0.1) is 12.0 Å². The minimum absolute atomic E-state index is 0.0150. The van der Waals surface area contributed by atoms with Gasteiger partial charge < -0.3 is 10.1 Å². The Morgan fingerprint density at radius 1 is 1.47 bits per heavy atom. The molecule has 0 aliphatic rings. The fourth-order valence-electron chi connectivity index (χ4n) is 1.10. The minimum Gasteiger partial charge on any atom is -0.378 e. The zero-order valence-corrected chi connectivity index (χ0v) is 11.3. The molecular weight excluding hydrogens is 265 g/mol. The normalized spacial score (nSPS) is 11.4. The molecule has 1 rings (SSSR count). The van der Waals surface area contributed by atoms with Crippen LogP contribution in [-0.4, -0.2) is 28.6 Å². The van der Waals surface area contributed by atoms with Gasteiger partial charge in [-0.15, -0.1) is 0 Å². The SMILES string of the molecule is COC(C)(C)CC(=O)Nc1cc(Cl)nc(Cl)n1. The first kappa shape index (κ1) is 14.2. The smallest absolute Gasteiger partial charge is 0.228 e. The fourth-order valence-corrected chi connectivity index (χ4v) is 1.51. The second kappa shape index (κ2) is 5.62. The Labute approximate surface area is 109 Å². The number of nitrogens with one attached hydrogen (secondary N) is 1. The maximum Gasteiger partial charge on any atom is 0.228 e. The summed E-state index contributed by atoms with van der Waals surface area (Å²) in [5.41, 5.74) is -0.537. The number of hydrogen-bond acceptors (Lipinski definition) is 4. The number of aromatic nitrogens is 2. The number of hydrogen-bond donors (Lipinski definition) is 1. The Bertz CT molecular complexity index is 404. The van der Waals surface area contributed by atoms with Crippen LogP contribution in [0.3, 0.4) is 0 Å². The predicted molar refractivity (Wildman–Crippen MR) is 66.4 cm³/mol. The van der Waals surface area contributed by atoms with Gasteiger partial charge >= 0.3 is 0 Å². The van der Waals surface area contributed by atoms with Gasteiger partial charge in [-0.3, -0.25) is 4.79 Å². The topological polar surface area (TPSA) is 64.1 Å². The van der Waals surface area contributed by atoms with Crippen molar-refractivity contribution >= 4 is 34.9 Å². The molecule has 0 spiro atoms. The van der Waals surface area contributed by atoms with E-state index in [0.29, 0.717) is 0 Å². The van der Waals surface area contributed by atoms with E-state index in [0.717, 1.165) is 0 Å². The first-order valence-corrected chi connectivity index (χ1v) is 5.63. The lowest BCUT2D eigenvalue weighted by Crippen LogP contribution is -2.29. The fraction of sp³-hybridized carbons (Fsp3) is 0.500. The second-order valence-electron chi connectivity index (χ2n) is 4.03. The zero-order valence-electron chi connectivity index (χ0n) is 9.75. The van der Waals surface area contributed by atoms with Gasteiger partial charge in [0, 0.05) is 13.2 Å². The summed E-state index contributed by atoms with van der Waals surface area (Å²) in [6.45, 7) is 3.62. The Morgan fingerprint density at radius 2 is 2.12 bits per heavy atom. The van der Waals surface area contributed by atoms with Crippen molar-refractivity contribution in [3.8, 4) is 0 Å². The van der Waals surface area contributed by atoms with Gasteiger partial charge in [-0.1, -0.05) is 11.6 Å². The first-order chi connectivity index (χ1) is 7.82. The molecule has 1 aromatic heterocycles. The number of carbonyl (C=O) groups excluding carboxylic acids is 1. The van der Waals surface area contributed by atoms with Crippen molar-refractivity contribution in [3.63, 3.8) is 0 Å². The quantitative estimate of drug-likeness (QED) is 0.679. The molecule has 17 heavy (non-hydrogen) atoms. The van der Waals surface area contributed by atoms with E-state index in [1.54, 1.807) is 7.11 Å². The summed E-state index contributed by atoms with van der Waals surface area (Å²) in [4.78, 5) is 19.2. The molecule has 7 heteroatoms. The molecule has 5 nitrogen and oxygen atoms in total. The third-order valence-electron chi connectivity index (χ3n) is 2.07. The van der Waals surface area contributed by atoms with Crippen LogP contribution in [0.2, 0.25) is 10.4 Å². The molecule has 0 aliphatic carbocycles. The minimum atomic E-state index is -0.537. The highest BCUT2D eigenvalue weighted by molar-refractivity contribution is 6.32. The van der Waals surface area contributed by atoms with Gasteiger partial charge in [-0.05, 0) is 25.4 Å². The van der Waals surface area contributed by atoms with E-state index in [1.807, 2.05) is 13.8 Å². The van der Waals surface area contributed by atoms with Crippen molar-refractivity contribution < 1.29 is 9.53 Å². The molecule has 1 heterocycles. The molecule has 0 bridgehead atoms. The summed E-state index contributed by atoms with van der Waals surface area (Å²) in [6.07, 6.45) is 0.197. The van der Waals surface area contributed by atoms with E-state index < -0.39 is 5.60 Å². The van der Waals surface area contributed by atoms with Crippen LogP contribution >= 0.6 is 23.2 Å². The zero-order chi connectivity index (χ0) is 13.1. The van der Waals surface area contributed by atoms with E-state index in [1.165, 1.54) is 6.07 Å². The van der Waals surface area contributed by atoms with Gasteiger partial charge in [0.1, 0.15) is 11.0 Å². The molecule has 1 aromatic rings. The van der Waals surface area contributed by atoms with E-state index >= 15 is 0 Å². The summed E-state index contributed by atoms with van der Waals surface area (Å²) in [5.74, 6) is 0.0367. The summed E-state index contributed by atoms with van der Waals surface area (Å²) in [5, 5.41) is 2.73. The molecule has 0 saturated heterocycles.